The number of fused-ring (bicyclic) bond motifs is 1. The van der Waals surface area contributed by atoms with Crippen LogP contribution in [0.2, 0.25) is 0 Å². The van der Waals surface area contributed by atoms with Crippen molar-refractivity contribution in [2.45, 2.75) is 45.6 Å². The normalized spacial score (nSPS) is 18.9. The highest BCUT2D eigenvalue weighted by molar-refractivity contribution is 9.10. The summed E-state index contributed by atoms with van der Waals surface area (Å²) in [6, 6.07) is 0.572. The molecule has 1 aliphatic heterocycles. The molecule has 0 radical (unpaired) electrons. The number of nitrogens with zero attached hydrogens (tertiary/aromatic N) is 6. The lowest BCUT2D eigenvalue weighted by molar-refractivity contribution is 0.166. The molecule has 1 atom stereocenters. The average molecular weight is 417 g/mol. The van der Waals surface area contributed by atoms with Gasteiger partial charge in [-0.3, -0.25) is 4.68 Å². The first-order valence-corrected chi connectivity index (χ1v) is 10.0. The van der Waals surface area contributed by atoms with Gasteiger partial charge in [0, 0.05) is 42.9 Å². The SMILES string of the molecule is Cc1c(Br)c(C2CCCN(C(C)C)C2)nc2c(-c3cnn(C)c3)cnn12. The summed E-state index contributed by atoms with van der Waals surface area (Å²) in [4.78, 5) is 7.64. The zero-order valence-electron chi connectivity index (χ0n) is 15.8. The van der Waals surface area contributed by atoms with Gasteiger partial charge in [-0.1, -0.05) is 0 Å². The Balaban J connectivity index is 1.81. The first-order valence-electron chi connectivity index (χ1n) is 9.22. The van der Waals surface area contributed by atoms with Gasteiger partial charge < -0.3 is 4.90 Å². The van der Waals surface area contributed by atoms with E-state index in [-0.39, 0.29) is 0 Å². The van der Waals surface area contributed by atoms with Gasteiger partial charge in [-0.25, -0.2) is 9.50 Å². The Morgan fingerprint density at radius 3 is 2.73 bits per heavy atom. The molecule has 26 heavy (non-hydrogen) atoms. The molecule has 6 nitrogen and oxygen atoms in total. The number of aromatic nitrogens is 5. The van der Waals surface area contributed by atoms with Crippen LogP contribution < -0.4 is 0 Å². The lowest BCUT2D eigenvalue weighted by atomic mass is 9.93. The zero-order chi connectivity index (χ0) is 18.4. The topological polar surface area (TPSA) is 51.2 Å². The fraction of sp³-hybridized carbons (Fsp3) is 0.526. The Kier molecular flexibility index (Phi) is 4.61. The second-order valence-electron chi connectivity index (χ2n) is 7.52. The van der Waals surface area contributed by atoms with E-state index >= 15 is 0 Å². The molecular formula is C19H25BrN6. The molecule has 4 heterocycles. The van der Waals surface area contributed by atoms with E-state index in [4.69, 9.17) is 4.98 Å². The summed E-state index contributed by atoms with van der Waals surface area (Å²) in [5.41, 5.74) is 5.25. The molecule has 0 bridgehead atoms. The van der Waals surface area contributed by atoms with E-state index < -0.39 is 0 Å². The van der Waals surface area contributed by atoms with E-state index in [1.807, 2.05) is 34.8 Å². The molecule has 1 saturated heterocycles. The van der Waals surface area contributed by atoms with Crippen LogP contribution in [0.1, 0.15) is 44.0 Å². The number of rotatable bonds is 3. The third kappa shape index (κ3) is 2.97. The van der Waals surface area contributed by atoms with Crippen LogP contribution >= 0.6 is 15.9 Å². The van der Waals surface area contributed by atoms with E-state index in [0.717, 1.165) is 39.2 Å². The van der Waals surface area contributed by atoms with Crippen molar-refractivity contribution in [2.75, 3.05) is 13.1 Å². The van der Waals surface area contributed by atoms with Crippen LogP contribution in [-0.2, 0) is 7.05 Å². The van der Waals surface area contributed by atoms with E-state index in [1.165, 1.54) is 19.4 Å². The van der Waals surface area contributed by atoms with Crippen LogP contribution in [-0.4, -0.2) is 48.4 Å². The van der Waals surface area contributed by atoms with Gasteiger partial charge in [0.2, 0.25) is 0 Å². The van der Waals surface area contributed by atoms with Crippen molar-refractivity contribution in [3.63, 3.8) is 0 Å². The van der Waals surface area contributed by atoms with Crippen molar-refractivity contribution in [1.82, 2.24) is 29.3 Å². The van der Waals surface area contributed by atoms with Gasteiger partial charge in [-0.15, -0.1) is 0 Å². The largest absolute Gasteiger partial charge is 0.300 e. The van der Waals surface area contributed by atoms with Gasteiger partial charge in [-0.2, -0.15) is 10.2 Å². The molecule has 0 aliphatic carbocycles. The molecule has 138 valence electrons. The average Bonchev–Trinajstić information content (AvgIpc) is 3.24. The minimum Gasteiger partial charge on any atom is -0.300 e. The lowest BCUT2D eigenvalue weighted by Crippen LogP contribution is -2.39. The number of hydrogen-bond donors (Lipinski definition) is 0. The Bertz CT molecular complexity index is 941. The van der Waals surface area contributed by atoms with Crippen molar-refractivity contribution < 1.29 is 0 Å². The predicted octanol–water partition coefficient (Wildman–Crippen LogP) is 3.79. The maximum atomic E-state index is 5.09. The highest BCUT2D eigenvalue weighted by atomic mass is 79.9. The maximum Gasteiger partial charge on any atom is 0.163 e. The molecule has 0 amide bonds. The zero-order valence-corrected chi connectivity index (χ0v) is 17.4. The van der Waals surface area contributed by atoms with Gasteiger partial charge in [0.25, 0.3) is 0 Å². The summed E-state index contributed by atoms with van der Waals surface area (Å²) in [6.07, 6.45) is 8.17. The second kappa shape index (κ2) is 6.78. The molecule has 0 saturated carbocycles. The Labute approximate surface area is 162 Å². The number of aryl methyl sites for hydroxylation is 2. The third-order valence-electron chi connectivity index (χ3n) is 5.42. The quantitative estimate of drug-likeness (QED) is 0.651. The fourth-order valence-corrected chi connectivity index (χ4v) is 4.45. The van der Waals surface area contributed by atoms with Gasteiger partial charge in [-0.05, 0) is 56.1 Å². The number of piperidine rings is 1. The summed E-state index contributed by atoms with van der Waals surface area (Å²) in [5, 5.41) is 8.87. The van der Waals surface area contributed by atoms with Crippen molar-refractivity contribution in [3.8, 4) is 11.1 Å². The molecule has 7 heteroatoms. The highest BCUT2D eigenvalue weighted by Gasteiger charge is 2.27. The minimum atomic E-state index is 0.445. The van der Waals surface area contributed by atoms with Gasteiger partial charge in [0.05, 0.1) is 28.3 Å². The lowest BCUT2D eigenvalue weighted by Gasteiger charge is -2.35. The predicted molar refractivity (Wildman–Crippen MR) is 106 cm³/mol. The van der Waals surface area contributed by atoms with Crippen LogP contribution in [0.3, 0.4) is 0 Å². The summed E-state index contributed by atoms with van der Waals surface area (Å²) in [6.45, 7) is 8.90. The van der Waals surface area contributed by atoms with Crippen LogP contribution in [0.4, 0.5) is 0 Å². The summed E-state index contributed by atoms with van der Waals surface area (Å²) in [7, 11) is 1.93. The molecule has 1 fully saturated rings. The monoisotopic (exact) mass is 416 g/mol. The van der Waals surface area contributed by atoms with Crippen molar-refractivity contribution in [3.05, 3.63) is 34.5 Å². The Hall–Kier alpha value is -1.73. The van der Waals surface area contributed by atoms with Gasteiger partial charge in [0.1, 0.15) is 0 Å². The molecule has 4 rings (SSSR count). The molecule has 1 unspecified atom stereocenters. The Morgan fingerprint density at radius 1 is 1.23 bits per heavy atom. The van der Waals surface area contributed by atoms with Gasteiger partial charge in [0.15, 0.2) is 5.65 Å². The number of hydrogen-bond acceptors (Lipinski definition) is 4. The summed E-state index contributed by atoms with van der Waals surface area (Å²) in [5.74, 6) is 0.445. The molecular weight excluding hydrogens is 392 g/mol. The van der Waals surface area contributed by atoms with Crippen LogP contribution in [0.5, 0.6) is 0 Å². The summed E-state index contributed by atoms with van der Waals surface area (Å²) >= 11 is 3.81. The highest BCUT2D eigenvalue weighted by Crippen LogP contribution is 2.35. The maximum absolute atomic E-state index is 5.09. The number of likely N-dealkylation sites (tertiary alicyclic amines) is 1. The first-order chi connectivity index (χ1) is 12.5. The van der Waals surface area contributed by atoms with Crippen LogP contribution in [0.25, 0.3) is 16.8 Å². The molecule has 0 aromatic carbocycles. The molecule has 3 aromatic heterocycles. The molecule has 1 aliphatic rings. The Morgan fingerprint density at radius 2 is 2.04 bits per heavy atom. The standard InChI is InChI=1S/C19H25BrN6/c1-12(2)25-7-5-6-14(11-25)18-17(20)13(3)26-19(23-18)16(9-22-26)15-8-21-24(4)10-15/h8-10,12,14H,5-7,11H2,1-4H3. The second-order valence-corrected chi connectivity index (χ2v) is 8.31. The van der Waals surface area contributed by atoms with E-state index in [1.54, 1.807) is 0 Å². The van der Waals surface area contributed by atoms with E-state index in [9.17, 15) is 0 Å². The molecule has 0 N–H and O–H groups in total. The van der Waals surface area contributed by atoms with E-state index in [0.29, 0.717) is 12.0 Å². The van der Waals surface area contributed by atoms with Gasteiger partial charge >= 0.3 is 0 Å². The third-order valence-corrected chi connectivity index (χ3v) is 6.40. The van der Waals surface area contributed by atoms with Crippen molar-refractivity contribution >= 4 is 21.6 Å². The molecule has 3 aromatic rings. The smallest absolute Gasteiger partial charge is 0.163 e. The van der Waals surface area contributed by atoms with Crippen molar-refractivity contribution in [1.29, 1.82) is 0 Å². The minimum absolute atomic E-state index is 0.445. The molecule has 0 spiro atoms. The van der Waals surface area contributed by atoms with Crippen molar-refractivity contribution in [2.24, 2.45) is 7.05 Å². The summed E-state index contributed by atoms with van der Waals surface area (Å²) < 4.78 is 4.83. The number of halogens is 1. The fourth-order valence-electron chi connectivity index (χ4n) is 3.87. The van der Waals surface area contributed by atoms with Crippen LogP contribution in [0, 0.1) is 6.92 Å². The first kappa shape index (κ1) is 17.7. The van der Waals surface area contributed by atoms with Crippen LogP contribution in [0.15, 0.2) is 23.1 Å². The van der Waals surface area contributed by atoms with E-state index in [2.05, 4.69) is 51.8 Å².